The molecule has 2 aliphatic rings. The van der Waals surface area contributed by atoms with Crippen molar-refractivity contribution >= 4 is 66.3 Å². The highest BCUT2D eigenvalue weighted by atomic mass is 79.9. The fraction of sp³-hybridized carbons (Fsp3) is 0.524. The van der Waals surface area contributed by atoms with Crippen LogP contribution in [0.2, 0.25) is 0 Å². The molecule has 8 N–H and O–H groups in total. The molecule has 8 atom stereocenters. The molecule has 6 rings (SSSR count). The van der Waals surface area contributed by atoms with E-state index in [0.29, 0.717) is 0 Å². The Balaban J connectivity index is 1.61. The largest absolute Gasteiger partial charge is 0.394 e. The predicted octanol–water partition coefficient (Wildman–Crippen LogP) is -1.97. The second-order valence-corrected chi connectivity index (χ2v) is 10.4. The molecule has 2 saturated heterocycles. The van der Waals surface area contributed by atoms with Gasteiger partial charge in [0.1, 0.15) is 49.3 Å². The van der Waals surface area contributed by atoms with Gasteiger partial charge in [0.15, 0.2) is 45.4 Å². The number of aliphatic hydroxyl groups excluding tert-OH is 6. The highest BCUT2D eigenvalue weighted by Crippen LogP contribution is 2.50. The first-order valence-electron chi connectivity index (χ1n) is 12.2. The van der Waals surface area contributed by atoms with Crippen LogP contribution >= 0.6 is 32.3 Å². The summed E-state index contributed by atoms with van der Waals surface area (Å²) in [6.45, 7) is -1.34. The fourth-order valence-electron chi connectivity index (χ4n) is 5.62. The van der Waals surface area contributed by atoms with E-state index in [9.17, 15) is 30.6 Å². The van der Waals surface area contributed by atoms with Gasteiger partial charge in [0.2, 0.25) is 0 Å². The standard InChI is InChI=1S/C21H24Br2N10O8/c22-30-16-10-18(26-4-24-16)32(6-28-10)20(14(38)12(36)8(1-34)40-20)3-21(15(39)13(37)9(2-35)41-21)33-7-29-11-17(31-23)25-5-27-19(11)33/h4-9,12-15,34-39H,1-3H2,(H,24,26,30)(H,25,27,31)/t8-,9-,12-,13-,14-,15-,20-,21-/m1/s1. The number of hydrogen-bond donors (Lipinski definition) is 8. The average Bonchev–Trinajstić information content (AvgIpc) is 3.74. The highest BCUT2D eigenvalue weighted by molar-refractivity contribution is 9.10. The summed E-state index contributed by atoms with van der Waals surface area (Å²) in [7, 11) is 0. The van der Waals surface area contributed by atoms with Gasteiger partial charge >= 0.3 is 0 Å². The van der Waals surface area contributed by atoms with Gasteiger partial charge in [-0.15, -0.1) is 0 Å². The molecule has 41 heavy (non-hydrogen) atoms. The molecule has 0 aliphatic carbocycles. The van der Waals surface area contributed by atoms with Crippen LogP contribution in [-0.2, 0) is 20.9 Å². The third-order valence-corrected chi connectivity index (χ3v) is 8.32. The molecule has 220 valence electrons. The van der Waals surface area contributed by atoms with Crippen molar-refractivity contribution in [2.24, 2.45) is 0 Å². The number of ether oxygens (including phenoxy) is 2. The molecular formula is C21H24Br2N10O8. The van der Waals surface area contributed by atoms with Gasteiger partial charge in [-0.2, -0.15) is 0 Å². The number of fused-ring (bicyclic) bond motifs is 2. The highest BCUT2D eigenvalue weighted by Gasteiger charge is 2.65. The van der Waals surface area contributed by atoms with Crippen LogP contribution in [0.3, 0.4) is 0 Å². The first kappa shape index (κ1) is 28.5. The van der Waals surface area contributed by atoms with Gasteiger partial charge in [0, 0.05) is 38.7 Å². The monoisotopic (exact) mass is 702 g/mol. The van der Waals surface area contributed by atoms with Crippen LogP contribution in [0.25, 0.3) is 22.3 Å². The quantitative estimate of drug-likeness (QED) is 0.0927. The van der Waals surface area contributed by atoms with E-state index < -0.39 is 67.7 Å². The zero-order chi connectivity index (χ0) is 29.1. The van der Waals surface area contributed by atoms with Crippen molar-refractivity contribution in [2.75, 3.05) is 21.9 Å². The minimum absolute atomic E-state index is 0.150. The van der Waals surface area contributed by atoms with Crippen molar-refractivity contribution in [3.05, 3.63) is 25.3 Å². The molecule has 4 aromatic heterocycles. The van der Waals surface area contributed by atoms with Crippen LogP contribution in [0.4, 0.5) is 11.6 Å². The van der Waals surface area contributed by atoms with Crippen LogP contribution in [0.15, 0.2) is 25.3 Å². The van der Waals surface area contributed by atoms with Gasteiger partial charge in [-0.05, 0) is 0 Å². The summed E-state index contributed by atoms with van der Waals surface area (Å²) < 4.78 is 20.5. The van der Waals surface area contributed by atoms with Crippen molar-refractivity contribution in [3.63, 3.8) is 0 Å². The van der Waals surface area contributed by atoms with Crippen LogP contribution in [0, 0.1) is 0 Å². The summed E-state index contributed by atoms with van der Waals surface area (Å²) in [4.78, 5) is 25.5. The third kappa shape index (κ3) is 4.05. The van der Waals surface area contributed by atoms with Gasteiger partial charge in [-0.1, -0.05) is 0 Å². The Morgan fingerprint density at radius 2 is 1.12 bits per heavy atom. The maximum Gasteiger partial charge on any atom is 0.181 e. The Labute approximate surface area is 246 Å². The molecule has 0 amide bonds. The van der Waals surface area contributed by atoms with E-state index in [4.69, 9.17) is 9.47 Å². The predicted molar refractivity (Wildman–Crippen MR) is 144 cm³/mol. The van der Waals surface area contributed by atoms with E-state index in [-0.39, 0.29) is 34.0 Å². The summed E-state index contributed by atoms with van der Waals surface area (Å²) in [6, 6.07) is 0. The lowest BCUT2D eigenvalue weighted by Crippen LogP contribution is -2.56. The van der Waals surface area contributed by atoms with Crippen molar-refractivity contribution in [3.8, 4) is 0 Å². The Bertz CT molecular complexity index is 1460. The van der Waals surface area contributed by atoms with Crippen molar-refractivity contribution in [2.45, 2.75) is 54.5 Å². The SMILES string of the molecule is OC[C@H]1O[C@@](C[C@@]2(n3cnc4c(NBr)ncnc43)O[C@H](CO)[C@@H](O)[C@H]2O)(n2cnc3c(NBr)ncnc32)[C@H](O)[C@@H]1O. The number of hydrogen-bond acceptors (Lipinski definition) is 16. The normalized spacial score (nSPS) is 33.7. The molecule has 6 heterocycles. The lowest BCUT2D eigenvalue weighted by atomic mass is 9.88. The van der Waals surface area contributed by atoms with E-state index in [1.807, 2.05) is 0 Å². The number of nitrogens with zero attached hydrogens (tertiary/aromatic N) is 8. The van der Waals surface area contributed by atoms with E-state index in [1.165, 1.54) is 34.4 Å². The number of rotatable bonds is 8. The molecule has 0 unspecified atom stereocenters. The van der Waals surface area contributed by atoms with Gasteiger partial charge < -0.3 is 48.8 Å². The Morgan fingerprint density at radius 1 is 0.707 bits per heavy atom. The fourth-order valence-corrected chi connectivity index (χ4v) is 6.20. The second kappa shape index (κ2) is 10.6. The van der Waals surface area contributed by atoms with Gasteiger partial charge in [0.25, 0.3) is 0 Å². The smallest absolute Gasteiger partial charge is 0.181 e. The summed E-state index contributed by atoms with van der Waals surface area (Å²) in [5.74, 6) is 0.566. The molecule has 0 saturated carbocycles. The van der Waals surface area contributed by atoms with Gasteiger partial charge in [0.05, 0.1) is 25.9 Å². The second-order valence-electron chi connectivity index (χ2n) is 9.62. The molecule has 4 aromatic rings. The lowest BCUT2D eigenvalue weighted by Gasteiger charge is -2.43. The number of aliphatic hydroxyl groups is 6. The third-order valence-electron chi connectivity index (χ3n) is 7.57. The van der Waals surface area contributed by atoms with Crippen molar-refractivity contribution in [1.29, 1.82) is 0 Å². The topological polar surface area (TPSA) is 251 Å². The average molecular weight is 704 g/mol. The Hall–Kier alpha value is -2.66. The molecule has 0 spiro atoms. The van der Waals surface area contributed by atoms with Crippen LogP contribution < -0.4 is 8.69 Å². The maximum absolute atomic E-state index is 11.6. The van der Waals surface area contributed by atoms with Crippen molar-refractivity contribution in [1.82, 2.24) is 39.0 Å². The Kier molecular flexibility index (Phi) is 7.33. The van der Waals surface area contributed by atoms with Crippen LogP contribution in [0.1, 0.15) is 6.42 Å². The van der Waals surface area contributed by atoms with E-state index in [2.05, 4.69) is 70.9 Å². The number of nitrogens with one attached hydrogen (secondary N) is 2. The first-order chi connectivity index (χ1) is 19.8. The summed E-state index contributed by atoms with van der Waals surface area (Å²) in [5.41, 5.74) is -3.26. The maximum atomic E-state index is 11.6. The minimum Gasteiger partial charge on any atom is -0.394 e. The summed E-state index contributed by atoms with van der Waals surface area (Å²) in [6.07, 6.45) is -4.77. The molecule has 0 radical (unpaired) electrons. The molecule has 2 aliphatic heterocycles. The number of anilines is 2. The lowest BCUT2D eigenvalue weighted by molar-refractivity contribution is -0.231. The van der Waals surface area contributed by atoms with Crippen LogP contribution in [-0.4, -0.2) is 120 Å². The molecule has 20 heteroatoms. The summed E-state index contributed by atoms with van der Waals surface area (Å²) >= 11 is 6.24. The first-order valence-corrected chi connectivity index (χ1v) is 13.7. The van der Waals surface area contributed by atoms with Gasteiger partial charge in [-0.25, -0.2) is 29.9 Å². The van der Waals surface area contributed by atoms with E-state index in [0.717, 1.165) is 0 Å². The Morgan fingerprint density at radius 3 is 1.46 bits per heavy atom. The molecule has 18 nitrogen and oxygen atoms in total. The molecule has 2 fully saturated rings. The zero-order valence-corrected chi connectivity index (χ0v) is 23.9. The van der Waals surface area contributed by atoms with E-state index in [1.54, 1.807) is 0 Å². The number of aromatic nitrogens is 8. The minimum atomic E-state index is -2.04. The molecule has 0 bridgehead atoms. The molecule has 0 aromatic carbocycles. The van der Waals surface area contributed by atoms with Crippen molar-refractivity contribution < 1.29 is 40.1 Å². The summed E-state index contributed by atoms with van der Waals surface area (Å²) in [5, 5.41) is 65.1. The van der Waals surface area contributed by atoms with Gasteiger partial charge in [-0.3, -0.25) is 9.13 Å². The molecular weight excluding hydrogens is 680 g/mol. The number of imidazole rings is 2. The zero-order valence-electron chi connectivity index (χ0n) is 20.7. The van der Waals surface area contributed by atoms with E-state index >= 15 is 0 Å². The number of halogens is 2. The van der Waals surface area contributed by atoms with Crippen LogP contribution in [0.5, 0.6) is 0 Å².